The zero-order valence-corrected chi connectivity index (χ0v) is 18.7. The fourth-order valence-electron chi connectivity index (χ4n) is 3.90. The number of aromatic hydroxyl groups is 2. The number of hydrogen-bond donors (Lipinski definition) is 7. The van der Waals surface area contributed by atoms with E-state index in [4.69, 9.17) is 18.9 Å². The molecule has 0 saturated carbocycles. The molecule has 7 atom stereocenters. The third kappa shape index (κ3) is 5.20. The van der Waals surface area contributed by atoms with Crippen LogP contribution in [-0.4, -0.2) is 93.9 Å². The number of methoxy groups -OCH3 is 2. The summed E-state index contributed by atoms with van der Waals surface area (Å²) in [5, 5.41) is 70.5. The lowest BCUT2D eigenvalue weighted by Gasteiger charge is -2.42. The molecule has 1 aliphatic heterocycles. The van der Waals surface area contributed by atoms with E-state index >= 15 is 0 Å². The topological polar surface area (TPSA) is 179 Å². The Morgan fingerprint density at radius 3 is 1.91 bits per heavy atom. The maximum Gasteiger partial charge on any atom is 0.187 e. The number of aliphatic hydroxyl groups is 5. The highest BCUT2D eigenvalue weighted by atomic mass is 16.7. The minimum atomic E-state index is -1.67. The molecule has 1 aliphatic rings. The number of phenolic OH excluding ortho intramolecular Hbond substituents is 2. The summed E-state index contributed by atoms with van der Waals surface area (Å²) in [6, 6.07) is 8.82. The zero-order chi connectivity index (χ0) is 25.0. The van der Waals surface area contributed by atoms with Crippen molar-refractivity contribution in [3.05, 3.63) is 47.5 Å². The van der Waals surface area contributed by atoms with Crippen molar-refractivity contribution in [3.63, 3.8) is 0 Å². The first-order valence-electron chi connectivity index (χ1n) is 10.6. The van der Waals surface area contributed by atoms with Crippen LogP contribution in [0.3, 0.4) is 0 Å². The molecule has 7 N–H and O–H groups in total. The third-order valence-electron chi connectivity index (χ3n) is 5.86. The van der Waals surface area contributed by atoms with Gasteiger partial charge in [-0.2, -0.15) is 0 Å². The largest absolute Gasteiger partial charge is 0.504 e. The number of ether oxygens (including phenoxy) is 4. The Morgan fingerprint density at radius 2 is 1.38 bits per heavy atom. The first kappa shape index (κ1) is 26.0. The highest BCUT2D eigenvalue weighted by Crippen LogP contribution is 2.41. The Morgan fingerprint density at radius 1 is 0.824 bits per heavy atom. The number of phenols is 2. The first-order valence-corrected chi connectivity index (χ1v) is 10.6. The second-order valence-electron chi connectivity index (χ2n) is 7.91. The van der Waals surface area contributed by atoms with E-state index in [1.54, 1.807) is 6.07 Å². The van der Waals surface area contributed by atoms with Gasteiger partial charge in [-0.3, -0.25) is 0 Å². The molecule has 1 saturated heterocycles. The van der Waals surface area contributed by atoms with Gasteiger partial charge in [0.05, 0.1) is 33.5 Å². The predicted octanol–water partition coefficient (Wildman–Crippen LogP) is -0.251. The summed E-state index contributed by atoms with van der Waals surface area (Å²) < 4.78 is 21.9. The SMILES string of the molecule is COc1cc([C@H](CO)[C@@H](O[C@H]2O[C@@H](CO)[C@@H](O)[C@@H](O)[C@@H]2O)c2ccc(O)c(OC)c2)ccc1O. The normalized spacial score (nSPS) is 26.6. The number of aliphatic hydroxyl groups excluding tert-OH is 5. The van der Waals surface area contributed by atoms with Crippen molar-refractivity contribution in [2.45, 2.75) is 42.7 Å². The molecular weight excluding hydrogens is 452 g/mol. The van der Waals surface area contributed by atoms with Gasteiger partial charge in [0.1, 0.15) is 24.4 Å². The third-order valence-corrected chi connectivity index (χ3v) is 5.86. The fourth-order valence-corrected chi connectivity index (χ4v) is 3.90. The van der Waals surface area contributed by atoms with Gasteiger partial charge in [0, 0.05) is 5.92 Å². The molecule has 34 heavy (non-hydrogen) atoms. The highest BCUT2D eigenvalue weighted by Gasteiger charge is 2.45. The van der Waals surface area contributed by atoms with Gasteiger partial charge in [-0.1, -0.05) is 12.1 Å². The molecule has 2 aromatic rings. The van der Waals surface area contributed by atoms with Gasteiger partial charge in [-0.25, -0.2) is 0 Å². The van der Waals surface area contributed by atoms with Crippen LogP contribution in [-0.2, 0) is 9.47 Å². The maximum absolute atomic E-state index is 10.5. The van der Waals surface area contributed by atoms with Crippen LogP contribution < -0.4 is 9.47 Å². The minimum Gasteiger partial charge on any atom is -0.504 e. The predicted molar refractivity (Wildman–Crippen MR) is 117 cm³/mol. The van der Waals surface area contributed by atoms with Crippen LogP contribution in [0.25, 0.3) is 0 Å². The lowest BCUT2D eigenvalue weighted by molar-refractivity contribution is -0.314. The van der Waals surface area contributed by atoms with Crippen molar-refractivity contribution < 1.29 is 54.7 Å². The van der Waals surface area contributed by atoms with Crippen LogP contribution in [0.2, 0.25) is 0 Å². The maximum atomic E-state index is 10.5. The molecule has 11 heteroatoms. The molecule has 188 valence electrons. The molecule has 0 aliphatic carbocycles. The molecular formula is C23H30O11. The average molecular weight is 482 g/mol. The van der Waals surface area contributed by atoms with Crippen LogP contribution in [0.1, 0.15) is 23.1 Å². The summed E-state index contributed by atoms with van der Waals surface area (Å²) in [7, 11) is 2.74. The minimum absolute atomic E-state index is 0.111. The quantitative estimate of drug-likeness (QED) is 0.251. The van der Waals surface area contributed by atoms with Crippen molar-refractivity contribution in [2.24, 2.45) is 0 Å². The van der Waals surface area contributed by atoms with Gasteiger partial charge < -0.3 is 54.7 Å². The van der Waals surface area contributed by atoms with Crippen LogP contribution in [0, 0.1) is 0 Å². The van der Waals surface area contributed by atoms with Crippen molar-refractivity contribution in [3.8, 4) is 23.0 Å². The van der Waals surface area contributed by atoms with Gasteiger partial charge >= 0.3 is 0 Å². The molecule has 0 bridgehead atoms. The molecule has 0 amide bonds. The Labute approximate surface area is 196 Å². The average Bonchev–Trinajstić information content (AvgIpc) is 2.85. The molecule has 2 aromatic carbocycles. The van der Waals surface area contributed by atoms with E-state index < -0.39 is 55.9 Å². The van der Waals surface area contributed by atoms with E-state index in [-0.39, 0.29) is 23.0 Å². The smallest absolute Gasteiger partial charge is 0.187 e. The van der Waals surface area contributed by atoms with Gasteiger partial charge in [0.15, 0.2) is 29.3 Å². The second kappa shape index (κ2) is 11.2. The Hall–Kier alpha value is -2.64. The van der Waals surface area contributed by atoms with E-state index in [0.29, 0.717) is 11.1 Å². The van der Waals surface area contributed by atoms with E-state index in [1.165, 1.54) is 44.6 Å². The van der Waals surface area contributed by atoms with E-state index in [0.717, 1.165) is 0 Å². The number of rotatable bonds is 9. The molecule has 11 nitrogen and oxygen atoms in total. The Kier molecular flexibility index (Phi) is 8.55. The first-order chi connectivity index (χ1) is 16.2. The molecule has 0 radical (unpaired) electrons. The van der Waals surface area contributed by atoms with Crippen molar-refractivity contribution in [1.29, 1.82) is 0 Å². The summed E-state index contributed by atoms with van der Waals surface area (Å²) in [6.07, 6.45) is -8.63. The monoisotopic (exact) mass is 482 g/mol. The number of hydrogen-bond acceptors (Lipinski definition) is 11. The van der Waals surface area contributed by atoms with Crippen LogP contribution in [0.5, 0.6) is 23.0 Å². The van der Waals surface area contributed by atoms with Gasteiger partial charge in [-0.15, -0.1) is 0 Å². The fraction of sp³-hybridized carbons (Fsp3) is 0.478. The summed E-state index contributed by atoms with van der Waals surface area (Å²) >= 11 is 0. The molecule has 1 fully saturated rings. The highest BCUT2D eigenvalue weighted by molar-refractivity contribution is 5.46. The van der Waals surface area contributed by atoms with Gasteiger partial charge in [0.25, 0.3) is 0 Å². The van der Waals surface area contributed by atoms with Crippen molar-refractivity contribution >= 4 is 0 Å². The Balaban J connectivity index is 2.05. The molecule has 0 spiro atoms. The number of benzene rings is 2. The Bertz CT molecular complexity index is 951. The molecule has 1 heterocycles. The summed E-state index contributed by atoms with van der Waals surface area (Å²) in [6.45, 7) is -1.10. The lowest BCUT2D eigenvalue weighted by Crippen LogP contribution is -2.59. The summed E-state index contributed by atoms with van der Waals surface area (Å²) in [4.78, 5) is 0. The van der Waals surface area contributed by atoms with E-state index in [2.05, 4.69) is 0 Å². The van der Waals surface area contributed by atoms with E-state index in [9.17, 15) is 35.7 Å². The molecule has 3 rings (SSSR count). The van der Waals surface area contributed by atoms with Gasteiger partial charge in [0.2, 0.25) is 0 Å². The van der Waals surface area contributed by atoms with Crippen LogP contribution in [0.4, 0.5) is 0 Å². The molecule has 0 unspecified atom stereocenters. The lowest BCUT2D eigenvalue weighted by atomic mass is 9.88. The van der Waals surface area contributed by atoms with Crippen molar-refractivity contribution in [1.82, 2.24) is 0 Å². The van der Waals surface area contributed by atoms with Crippen molar-refractivity contribution in [2.75, 3.05) is 27.4 Å². The summed E-state index contributed by atoms with van der Waals surface area (Å²) in [5.41, 5.74) is 0.913. The summed E-state index contributed by atoms with van der Waals surface area (Å²) in [5.74, 6) is -0.771. The second-order valence-corrected chi connectivity index (χ2v) is 7.91. The standard InChI is InChI=1S/C23H30O11/c1-31-16-7-11(3-5-14(16)26)13(9-24)22(12-4-6-15(27)17(8-12)32-2)34-23-21(30)20(29)19(28)18(10-25)33-23/h3-8,13,18-30H,9-10H2,1-2H3/t13-,18-,19+,20+,21-,22-,23+/m0/s1. The van der Waals surface area contributed by atoms with E-state index in [1.807, 2.05) is 0 Å². The van der Waals surface area contributed by atoms with Crippen LogP contribution >= 0.6 is 0 Å². The van der Waals surface area contributed by atoms with Gasteiger partial charge in [-0.05, 0) is 35.4 Å². The van der Waals surface area contributed by atoms with Crippen LogP contribution in [0.15, 0.2) is 36.4 Å². The molecule has 0 aromatic heterocycles. The zero-order valence-electron chi connectivity index (χ0n) is 18.7.